The van der Waals surface area contributed by atoms with Crippen LogP contribution in [0.3, 0.4) is 0 Å². The molecule has 6 heteroatoms. The van der Waals surface area contributed by atoms with E-state index in [1.807, 2.05) is 4.90 Å². The molecule has 2 rings (SSSR count). The van der Waals surface area contributed by atoms with Crippen LogP contribution in [0, 0.1) is 0 Å². The Morgan fingerprint density at radius 3 is 2.65 bits per heavy atom. The van der Waals surface area contributed by atoms with Crippen LogP contribution in [-0.4, -0.2) is 39.6 Å². The molecule has 1 aliphatic rings. The Morgan fingerprint density at radius 1 is 1.40 bits per heavy atom. The monoisotopic (exact) mass is 278 g/mol. The van der Waals surface area contributed by atoms with E-state index in [9.17, 15) is 9.59 Å². The van der Waals surface area contributed by atoms with Gasteiger partial charge in [0, 0.05) is 24.7 Å². The summed E-state index contributed by atoms with van der Waals surface area (Å²) in [5.41, 5.74) is 5.92. The van der Waals surface area contributed by atoms with Gasteiger partial charge in [0.05, 0.1) is 0 Å². The van der Waals surface area contributed by atoms with Gasteiger partial charge in [-0.2, -0.15) is 5.10 Å². The Kier molecular flexibility index (Phi) is 4.89. The van der Waals surface area contributed by atoms with Gasteiger partial charge in [-0.05, 0) is 38.2 Å². The zero-order chi connectivity index (χ0) is 14.5. The fourth-order valence-electron chi connectivity index (χ4n) is 2.71. The first kappa shape index (κ1) is 14.7. The average molecular weight is 278 g/mol. The number of amides is 1. The Hall–Kier alpha value is -1.69. The van der Waals surface area contributed by atoms with E-state index in [-0.39, 0.29) is 23.6 Å². The fourth-order valence-corrected chi connectivity index (χ4v) is 2.71. The van der Waals surface area contributed by atoms with Gasteiger partial charge in [-0.25, -0.2) is 5.10 Å². The molecule has 0 atom stereocenters. The second kappa shape index (κ2) is 6.65. The second-order valence-electron chi connectivity index (χ2n) is 5.37. The highest BCUT2D eigenvalue weighted by Gasteiger charge is 2.28. The third-order valence-corrected chi connectivity index (χ3v) is 3.81. The number of hydrogen-bond donors (Lipinski definition) is 2. The molecule has 0 aliphatic heterocycles. The molecular weight excluding hydrogens is 256 g/mol. The van der Waals surface area contributed by atoms with E-state index in [4.69, 9.17) is 5.73 Å². The highest BCUT2D eigenvalue weighted by atomic mass is 16.2. The number of H-pyrrole nitrogens is 1. The van der Waals surface area contributed by atoms with Crippen molar-refractivity contribution >= 4 is 5.91 Å². The lowest BCUT2D eigenvalue weighted by atomic mass is 9.90. The van der Waals surface area contributed by atoms with Crippen molar-refractivity contribution in [1.29, 1.82) is 0 Å². The molecule has 1 saturated carbocycles. The van der Waals surface area contributed by atoms with Gasteiger partial charge < -0.3 is 10.6 Å². The molecule has 0 bridgehead atoms. The number of rotatable bonds is 4. The standard InChI is InChI=1S/C14H22N4O2/c1-2-9-18(11-5-3-10(15)4-6-11)14(20)12-7-8-13(19)17-16-12/h7-8,10-11H,2-6,9,15H2,1H3,(H,17,19). The van der Waals surface area contributed by atoms with Crippen molar-refractivity contribution in [3.63, 3.8) is 0 Å². The molecule has 6 nitrogen and oxygen atoms in total. The summed E-state index contributed by atoms with van der Waals surface area (Å²) in [6, 6.07) is 3.31. The quantitative estimate of drug-likeness (QED) is 0.855. The normalized spacial score (nSPS) is 22.5. The Bertz CT molecular complexity index is 486. The van der Waals surface area contributed by atoms with Gasteiger partial charge in [-0.1, -0.05) is 6.92 Å². The van der Waals surface area contributed by atoms with Gasteiger partial charge in [0.15, 0.2) is 0 Å². The highest BCUT2D eigenvalue weighted by molar-refractivity contribution is 5.92. The molecule has 3 N–H and O–H groups in total. The topological polar surface area (TPSA) is 92.1 Å². The van der Waals surface area contributed by atoms with Crippen molar-refractivity contribution in [2.24, 2.45) is 5.73 Å². The maximum Gasteiger partial charge on any atom is 0.274 e. The molecular formula is C14H22N4O2. The number of carbonyl (C=O) groups excluding carboxylic acids is 1. The molecule has 0 unspecified atom stereocenters. The van der Waals surface area contributed by atoms with E-state index in [1.165, 1.54) is 12.1 Å². The molecule has 1 aromatic rings. The first-order chi connectivity index (χ1) is 9.61. The third-order valence-electron chi connectivity index (χ3n) is 3.81. The van der Waals surface area contributed by atoms with Crippen LogP contribution in [0.1, 0.15) is 49.5 Å². The summed E-state index contributed by atoms with van der Waals surface area (Å²) in [5.74, 6) is -0.108. The van der Waals surface area contributed by atoms with E-state index >= 15 is 0 Å². The van der Waals surface area contributed by atoms with Crippen LogP contribution in [0.5, 0.6) is 0 Å². The zero-order valence-corrected chi connectivity index (χ0v) is 11.8. The van der Waals surface area contributed by atoms with Crippen LogP contribution in [0.2, 0.25) is 0 Å². The fraction of sp³-hybridized carbons (Fsp3) is 0.643. The molecule has 0 spiro atoms. The Balaban J connectivity index is 2.13. The van der Waals surface area contributed by atoms with Crippen LogP contribution in [-0.2, 0) is 0 Å². The molecule has 1 aromatic heterocycles. The first-order valence-electron chi connectivity index (χ1n) is 7.24. The summed E-state index contributed by atoms with van der Waals surface area (Å²) in [5, 5.41) is 6.15. The maximum atomic E-state index is 12.5. The molecule has 1 fully saturated rings. The van der Waals surface area contributed by atoms with Crippen LogP contribution in [0.25, 0.3) is 0 Å². The van der Waals surface area contributed by atoms with Crippen LogP contribution in [0.15, 0.2) is 16.9 Å². The SMILES string of the molecule is CCCN(C(=O)c1ccc(=O)[nH]n1)C1CCC(N)CC1. The van der Waals surface area contributed by atoms with Crippen LogP contribution < -0.4 is 11.3 Å². The average Bonchev–Trinajstić information content (AvgIpc) is 2.46. The summed E-state index contributed by atoms with van der Waals surface area (Å²) in [4.78, 5) is 25.4. The predicted octanol–water partition coefficient (Wildman–Crippen LogP) is 0.892. The number of carbonyl (C=O) groups is 1. The van der Waals surface area contributed by atoms with Gasteiger partial charge in [-0.15, -0.1) is 0 Å². The largest absolute Gasteiger partial charge is 0.334 e. The maximum absolute atomic E-state index is 12.5. The van der Waals surface area contributed by atoms with Crippen LogP contribution in [0.4, 0.5) is 0 Å². The Labute approximate surface area is 118 Å². The molecule has 1 aliphatic carbocycles. The molecule has 1 heterocycles. The van der Waals surface area contributed by atoms with Crippen molar-refractivity contribution in [1.82, 2.24) is 15.1 Å². The van der Waals surface area contributed by atoms with Crippen molar-refractivity contribution in [3.05, 3.63) is 28.2 Å². The summed E-state index contributed by atoms with van der Waals surface area (Å²) in [6.45, 7) is 2.76. The number of nitrogens with two attached hydrogens (primary N) is 1. The van der Waals surface area contributed by atoms with E-state index in [0.29, 0.717) is 12.2 Å². The smallest absolute Gasteiger partial charge is 0.274 e. The summed E-state index contributed by atoms with van der Waals surface area (Å²) < 4.78 is 0. The predicted molar refractivity (Wildman–Crippen MR) is 76.4 cm³/mol. The molecule has 20 heavy (non-hydrogen) atoms. The first-order valence-corrected chi connectivity index (χ1v) is 7.24. The molecule has 0 aromatic carbocycles. The lowest BCUT2D eigenvalue weighted by Gasteiger charge is -2.35. The Morgan fingerprint density at radius 2 is 2.10 bits per heavy atom. The molecule has 0 radical (unpaired) electrons. The van der Waals surface area contributed by atoms with E-state index < -0.39 is 0 Å². The molecule has 1 amide bonds. The minimum atomic E-state index is -0.299. The van der Waals surface area contributed by atoms with Gasteiger partial charge in [0.1, 0.15) is 5.69 Å². The zero-order valence-electron chi connectivity index (χ0n) is 11.8. The third kappa shape index (κ3) is 3.45. The van der Waals surface area contributed by atoms with Crippen molar-refractivity contribution < 1.29 is 4.79 Å². The minimum absolute atomic E-state index is 0.108. The van der Waals surface area contributed by atoms with Gasteiger partial charge in [-0.3, -0.25) is 9.59 Å². The number of nitrogens with zero attached hydrogens (tertiary/aromatic N) is 2. The van der Waals surface area contributed by atoms with Gasteiger partial charge in [0.2, 0.25) is 0 Å². The summed E-state index contributed by atoms with van der Waals surface area (Å²) in [7, 11) is 0. The molecule has 110 valence electrons. The van der Waals surface area contributed by atoms with E-state index in [2.05, 4.69) is 17.1 Å². The van der Waals surface area contributed by atoms with Crippen molar-refractivity contribution in [3.8, 4) is 0 Å². The van der Waals surface area contributed by atoms with Crippen molar-refractivity contribution in [2.75, 3.05) is 6.54 Å². The van der Waals surface area contributed by atoms with E-state index in [0.717, 1.165) is 32.1 Å². The lowest BCUT2D eigenvalue weighted by Crippen LogP contribution is -2.45. The lowest BCUT2D eigenvalue weighted by molar-refractivity contribution is 0.0619. The van der Waals surface area contributed by atoms with E-state index in [1.54, 1.807) is 0 Å². The number of aromatic amines is 1. The van der Waals surface area contributed by atoms with Crippen molar-refractivity contribution in [2.45, 2.75) is 51.1 Å². The van der Waals surface area contributed by atoms with Gasteiger partial charge >= 0.3 is 0 Å². The highest BCUT2D eigenvalue weighted by Crippen LogP contribution is 2.23. The second-order valence-corrected chi connectivity index (χ2v) is 5.37. The minimum Gasteiger partial charge on any atom is -0.334 e. The number of hydrogen-bond acceptors (Lipinski definition) is 4. The number of nitrogens with one attached hydrogen (secondary N) is 1. The molecule has 0 saturated heterocycles. The summed E-state index contributed by atoms with van der Waals surface area (Å²) >= 11 is 0. The van der Waals surface area contributed by atoms with Gasteiger partial charge in [0.25, 0.3) is 11.5 Å². The summed E-state index contributed by atoms with van der Waals surface area (Å²) in [6.07, 6.45) is 4.69. The number of aromatic nitrogens is 2. The van der Waals surface area contributed by atoms with Crippen LogP contribution >= 0.6 is 0 Å².